The second-order valence-corrected chi connectivity index (χ2v) is 10.3. The molecule has 0 atom stereocenters. The highest BCUT2D eigenvalue weighted by Gasteiger charge is 2.17. The van der Waals surface area contributed by atoms with Gasteiger partial charge in [-0.1, -0.05) is 115 Å². The molecule has 2 heteroatoms. The van der Waals surface area contributed by atoms with Gasteiger partial charge in [0.15, 0.2) is 11.2 Å². The van der Waals surface area contributed by atoms with Crippen molar-refractivity contribution in [3.05, 3.63) is 146 Å². The number of benzene rings is 7. The van der Waals surface area contributed by atoms with Crippen LogP contribution in [0.2, 0.25) is 0 Å². The molecule has 0 aliphatic heterocycles. The Morgan fingerprint density at radius 3 is 1.71 bits per heavy atom. The Kier molecular flexibility index (Phi) is 3.54. The molecule has 0 amide bonds. The third-order valence-electron chi connectivity index (χ3n) is 8.00. The molecule has 2 nitrogen and oxygen atoms in total. The normalized spacial score (nSPS) is 14.5. The zero-order valence-electron chi connectivity index (χ0n) is 30.1. The van der Waals surface area contributed by atoms with Crippen molar-refractivity contribution in [2.24, 2.45) is 0 Å². The number of rotatable bonds is 3. The van der Waals surface area contributed by atoms with Gasteiger partial charge in [-0.15, -0.1) is 0 Å². The monoisotopic (exact) mass is 544 g/mol. The lowest BCUT2D eigenvalue weighted by molar-refractivity contribution is 0.600. The first kappa shape index (κ1) is 16.6. The van der Waals surface area contributed by atoms with Crippen LogP contribution in [0, 0.1) is 0 Å². The summed E-state index contributed by atoms with van der Waals surface area (Å²) in [5.41, 5.74) is 5.68. The molecule has 42 heavy (non-hydrogen) atoms. The Labute approximate surface area is 253 Å². The molecule has 2 heterocycles. The summed E-state index contributed by atoms with van der Waals surface area (Å²) in [5, 5.41) is 3.59. The Morgan fingerprint density at radius 2 is 1.05 bits per heavy atom. The molecule has 2 aromatic heterocycles. The summed E-state index contributed by atoms with van der Waals surface area (Å²) in [6, 6.07) is 25.5. The Morgan fingerprint density at radius 1 is 0.452 bits per heavy atom. The van der Waals surface area contributed by atoms with Gasteiger partial charge < -0.3 is 8.83 Å². The van der Waals surface area contributed by atoms with E-state index >= 15 is 0 Å². The van der Waals surface area contributed by atoms with Gasteiger partial charge in [-0.25, -0.2) is 0 Å². The zero-order valence-corrected chi connectivity index (χ0v) is 22.1. The van der Waals surface area contributed by atoms with Crippen molar-refractivity contribution in [3.63, 3.8) is 0 Å². The average Bonchev–Trinajstić information content (AvgIpc) is 3.78. The molecule has 0 spiro atoms. The zero-order chi connectivity index (χ0) is 34.6. The SMILES string of the molecule is [2H]c1c([2H])c([2H])c2c(-c3ccc(-c4ccc5oc6c(ccc7ccoc76)c5c4)cc3)c3c([2H])c([2H])c([2H])c([2H])c3c(-c3ccccc3)c2c1[2H]. The van der Waals surface area contributed by atoms with Crippen LogP contribution in [0.3, 0.4) is 0 Å². The molecule has 0 fully saturated rings. The van der Waals surface area contributed by atoms with Gasteiger partial charge >= 0.3 is 0 Å². The molecule has 0 saturated carbocycles. The highest BCUT2D eigenvalue weighted by molar-refractivity contribution is 6.21. The van der Waals surface area contributed by atoms with E-state index in [9.17, 15) is 0 Å². The number of furan rings is 2. The summed E-state index contributed by atoms with van der Waals surface area (Å²) in [5.74, 6) is 0. The second kappa shape index (κ2) is 8.95. The van der Waals surface area contributed by atoms with Crippen molar-refractivity contribution in [2.45, 2.75) is 0 Å². The van der Waals surface area contributed by atoms with Crippen LogP contribution in [-0.2, 0) is 0 Å². The van der Waals surface area contributed by atoms with E-state index in [0.29, 0.717) is 33.4 Å². The maximum atomic E-state index is 9.12. The third kappa shape index (κ3) is 3.39. The number of fused-ring (bicyclic) bond motifs is 7. The fourth-order valence-electron chi connectivity index (χ4n) is 6.07. The molecular formula is C40H24O2. The van der Waals surface area contributed by atoms with Crippen LogP contribution >= 0.6 is 0 Å². The summed E-state index contributed by atoms with van der Waals surface area (Å²) in [6.45, 7) is 0. The second-order valence-electron chi connectivity index (χ2n) is 10.3. The van der Waals surface area contributed by atoms with Gasteiger partial charge in [0.1, 0.15) is 5.58 Å². The van der Waals surface area contributed by atoms with Gasteiger partial charge in [0.25, 0.3) is 0 Å². The van der Waals surface area contributed by atoms with Crippen LogP contribution in [0.5, 0.6) is 0 Å². The molecule has 9 rings (SSSR count). The molecule has 0 unspecified atom stereocenters. The lowest BCUT2D eigenvalue weighted by Gasteiger charge is -2.18. The van der Waals surface area contributed by atoms with Gasteiger partial charge in [-0.2, -0.15) is 0 Å². The summed E-state index contributed by atoms with van der Waals surface area (Å²) >= 11 is 0. The van der Waals surface area contributed by atoms with Crippen molar-refractivity contribution in [1.29, 1.82) is 0 Å². The molecule has 9 aromatic rings. The number of hydrogen-bond acceptors (Lipinski definition) is 2. The quantitative estimate of drug-likeness (QED) is 0.207. The first-order valence-electron chi connectivity index (χ1n) is 17.6. The van der Waals surface area contributed by atoms with Gasteiger partial charge in [0.05, 0.1) is 17.2 Å². The van der Waals surface area contributed by atoms with Gasteiger partial charge in [0, 0.05) is 16.2 Å². The van der Waals surface area contributed by atoms with E-state index in [1.54, 1.807) is 30.5 Å². The summed E-state index contributed by atoms with van der Waals surface area (Å²) < 4.78 is 82.6. The van der Waals surface area contributed by atoms with E-state index in [0.717, 1.165) is 32.9 Å². The molecule has 0 aliphatic rings. The van der Waals surface area contributed by atoms with Crippen molar-refractivity contribution < 1.29 is 19.8 Å². The van der Waals surface area contributed by atoms with Gasteiger partial charge in [0.2, 0.25) is 0 Å². The minimum Gasteiger partial charge on any atom is -0.460 e. The Hall–Kier alpha value is -5.60. The van der Waals surface area contributed by atoms with Crippen molar-refractivity contribution in [1.82, 2.24) is 0 Å². The molecule has 196 valence electrons. The fraction of sp³-hybridized carbons (Fsp3) is 0. The fourth-order valence-corrected chi connectivity index (χ4v) is 6.07. The molecule has 0 bridgehead atoms. The molecule has 7 aromatic carbocycles. The highest BCUT2D eigenvalue weighted by atomic mass is 16.4. The largest absolute Gasteiger partial charge is 0.460 e. The third-order valence-corrected chi connectivity index (χ3v) is 8.00. The predicted molar refractivity (Wildman–Crippen MR) is 175 cm³/mol. The minimum atomic E-state index is -0.424. The van der Waals surface area contributed by atoms with E-state index in [1.807, 2.05) is 60.7 Å². The van der Waals surface area contributed by atoms with E-state index < -0.39 is 24.2 Å². The standard InChI is InChI=1S/C40H24O2/c1-2-8-26(9-3-1)37-30-10-4-6-12-32(30)38(33-13-7-5-11-31(33)37)27-16-14-25(15-17-27)29-19-21-36-35(24-29)34-20-18-28-22-23-41-39(28)40(34)42-36/h1-24H/i4D,5D,6D,7D,10D,11D,12D,13D. The summed E-state index contributed by atoms with van der Waals surface area (Å²) in [6.07, 6.45) is 1.64. The topological polar surface area (TPSA) is 26.3 Å². The smallest absolute Gasteiger partial charge is 0.178 e. The molecule has 0 N–H and O–H groups in total. The summed E-state index contributed by atoms with van der Waals surface area (Å²) in [4.78, 5) is 0. The van der Waals surface area contributed by atoms with Crippen LogP contribution in [0.1, 0.15) is 11.0 Å². The summed E-state index contributed by atoms with van der Waals surface area (Å²) in [7, 11) is 0. The number of hydrogen-bond donors (Lipinski definition) is 0. The van der Waals surface area contributed by atoms with Gasteiger partial charge in [-0.3, -0.25) is 0 Å². The van der Waals surface area contributed by atoms with E-state index in [4.69, 9.17) is 19.8 Å². The van der Waals surface area contributed by atoms with Crippen LogP contribution < -0.4 is 0 Å². The lowest BCUT2D eigenvalue weighted by atomic mass is 9.86. The van der Waals surface area contributed by atoms with Crippen molar-refractivity contribution >= 4 is 54.5 Å². The Balaban J connectivity index is 1.33. The lowest BCUT2D eigenvalue weighted by Crippen LogP contribution is -1.90. The van der Waals surface area contributed by atoms with Crippen LogP contribution in [0.15, 0.2) is 154 Å². The average molecular weight is 545 g/mol. The first-order chi connectivity index (χ1) is 24.2. The highest BCUT2D eigenvalue weighted by Crippen LogP contribution is 2.44. The van der Waals surface area contributed by atoms with Crippen LogP contribution in [-0.4, -0.2) is 0 Å². The molecule has 0 radical (unpaired) electrons. The van der Waals surface area contributed by atoms with E-state index in [2.05, 4.69) is 6.07 Å². The Bertz CT molecular complexity index is 2810. The molecule has 0 saturated heterocycles. The van der Waals surface area contributed by atoms with Crippen molar-refractivity contribution in [2.75, 3.05) is 0 Å². The minimum absolute atomic E-state index is 0.190. The maximum absolute atomic E-state index is 9.12. The predicted octanol–water partition coefficient (Wildman–Crippen LogP) is 11.6. The van der Waals surface area contributed by atoms with Gasteiger partial charge in [-0.05, 0) is 79.2 Å². The first-order valence-corrected chi connectivity index (χ1v) is 13.6. The molecular weight excluding hydrogens is 512 g/mol. The van der Waals surface area contributed by atoms with Crippen LogP contribution in [0.4, 0.5) is 0 Å². The van der Waals surface area contributed by atoms with E-state index in [-0.39, 0.29) is 45.7 Å². The maximum Gasteiger partial charge on any atom is 0.178 e. The molecule has 0 aliphatic carbocycles. The van der Waals surface area contributed by atoms with Crippen molar-refractivity contribution in [3.8, 4) is 33.4 Å². The van der Waals surface area contributed by atoms with E-state index in [1.165, 1.54) is 0 Å². The van der Waals surface area contributed by atoms with Crippen LogP contribution in [0.25, 0.3) is 87.8 Å².